The van der Waals surface area contributed by atoms with E-state index >= 15 is 0 Å². The Bertz CT molecular complexity index is 964. The van der Waals surface area contributed by atoms with Crippen molar-refractivity contribution in [3.63, 3.8) is 0 Å². The molecule has 1 N–H and O–H groups in total. The highest BCUT2D eigenvalue weighted by atomic mass is 32.2. The van der Waals surface area contributed by atoms with E-state index < -0.39 is 16.4 Å². The molecule has 2 heterocycles. The normalized spacial score (nSPS) is 38.9. The van der Waals surface area contributed by atoms with Gasteiger partial charge in [0.1, 0.15) is 0 Å². The van der Waals surface area contributed by atoms with E-state index in [0.29, 0.717) is 47.5 Å². The first-order valence-corrected chi connectivity index (χ1v) is 13.6. The quantitative estimate of drug-likeness (QED) is 0.697. The van der Waals surface area contributed by atoms with Crippen molar-refractivity contribution in [2.45, 2.75) is 68.9 Å². The molecule has 1 saturated heterocycles. The van der Waals surface area contributed by atoms with Crippen molar-refractivity contribution in [2.75, 3.05) is 29.5 Å². The lowest BCUT2D eigenvalue weighted by atomic mass is 9.52. The van der Waals surface area contributed by atoms with Crippen LogP contribution in [0, 0.1) is 17.8 Å². The number of aliphatic hydroxyl groups is 1. The Morgan fingerprint density at radius 2 is 1.94 bits per heavy atom. The van der Waals surface area contributed by atoms with Crippen molar-refractivity contribution in [3.8, 4) is 0 Å². The number of rotatable bonds is 4. The minimum atomic E-state index is -0.770. The van der Waals surface area contributed by atoms with E-state index in [0.717, 1.165) is 69.4 Å². The summed E-state index contributed by atoms with van der Waals surface area (Å²) in [7, 11) is -0.770. The molecule has 0 spiro atoms. The van der Waals surface area contributed by atoms with Crippen LogP contribution in [0.25, 0.3) is 0 Å². The zero-order valence-corrected chi connectivity index (χ0v) is 19.2. The maximum Gasteiger partial charge on any atom is 0.298 e. The third kappa shape index (κ3) is 3.91. The molecule has 6 fully saturated rings. The van der Waals surface area contributed by atoms with Crippen molar-refractivity contribution in [2.24, 2.45) is 28.0 Å². The molecule has 6 aliphatic rings. The van der Waals surface area contributed by atoms with Crippen LogP contribution in [-0.4, -0.2) is 61.4 Å². The van der Waals surface area contributed by atoms with Gasteiger partial charge >= 0.3 is 0 Å². The molecule has 3 atom stereocenters. The average molecular weight is 458 g/mol. The van der Waals surface area contributed by atoms with Crippen LogP contribution in [-0.2, 0) is 10.8 Å². The fraction of sp³-hybridized carbons (Fsp3) is 0.783. The van der Waals surface area contributed by atoms with Gasteiger partial charge in [-0.15, -0.1) is 5.11 Å². The lowest BCUT2D eigenvalue weighted by Crippen LogP contribution is -2.56. The molecule has 5 aliphatic carbocycles. The molecule has 3 unspecified atom stereocenters. The molecular formula is C23H31N5O3S. The zero-order valence-electron chi connectivity index (χ0n) is 18.4. The van der Waals surface area contributed by atoms with Crippen molar-refractivity contribution < 1.29 is 14.1 Å². The summed E-state index contributed by atoms with van der Waals surface area (Å²) in [5.41, 5.74) is 0.763. The third-order valence-corrected chi connectivity index (χ3v) is 9.53. The number of nitrogens with zero attached hydrogens (tertiary/aromatic N) is 5. The lowest BCUT2D eigenvalue weighted by Gasteiger charge is -2.56. The van der Waals surface area contributed by atoms with Gasteiger partial charge in [0.15, 0.2) is 0 Å². The molecule has 0 radical (unpaired) electrons. The molecule has 1 amide bonds. The van der Waals surface area contributed by atoms with Gasteiger partial charge in [0.05, 0.1) is 22.9 Å². The van der Waals surface area contributed by atoms with E-state index in [4.69, 9.17) is 4.98 Å². The first-order valence-electron chi connectivity index (χ1n) is 12.1. The van der Waals surface area contributed by atoms with Gasteiger partial charge in [-0.2, -0.15) is 5.11 Å². The van der Waals surface area contributed by atoms with E-state index in [1.807, 2.05) is 0 Å². The lowest BCUT2D eigenvalue weighted by molar-refractivity contribution is -0.133. The van der Waals surface area contributed by atoms with Crippen LogP contribution in [0.2, 0.25) is 0 Å². The average Bonchev–Trinajstić information content (AvgIpc) is 3.60. The number of carbonyl (C=O) groups is 1. The SMILES string of the molecule is O=C(N=NC1C2CC3CC1CC(O)(C3)C2)c1cnc(N2CCCS(=O)CC2)nc1C1CC1. The standard InChI is InChI=1S/C23H31N5O3S/c29-21(27-26-19-16-8-14-9-17(19)12-23(30,10-14)11-16)18-13-24-22(25-20(18)15-2-3-15)28-4-1-6-32(31)7-5-28/h13-17,19,30H,1-12H2. The fourth-order valence-electron chi connectivity index (χ4n) is 6.73. The number of carbonyl (C=O) groups excluding carboxylic acids is 1. The van der Waals surface area contributed by atoms with Gasteiger partial charge in [-0.3, -0.25) is 9.00 Å². The molecular weight excluding hydrogens is 426 g/mol. The summed E-state index contributed by atoms with van der Waals surface area (Å²) in [4.78, 5) is 24.4. The molecule has 7 rings (SSSR count). The Morgan fingerprint density at radius 3 is 2.66 bits per heavy atom. The van der Waals surface area contributed by atoms with Crippen molar-refractivity contribution in [1.29, 1.82) is 0 Å². The number of azo groups is 1. The molecule has 8 nitrogen and oxygen atoms in total. The second kappa shape index (κ2) is 7.94. The molecule has 1 aromatic rings. The summed E-state index contributed by atoms with van der Waals surface area (Å²) in [5, 5.41) is 19.5. The summed E-state index contributed by atoms with van der Waals surface area (Å²) in [6.45, 7) is 1.47. The second-order valence-electron chi connectivity index (χ2n) is 10.6. The van der Waals surface area contributed by atoms with E-state index in [1.165, 1.54) is 0 Å². The van der Waals surface area contributed by atoms with Crippen LogP contribution in [0.15, 0.2) is 16.4 Å². The van der Waals surface area contributed by atoms with E-state index in [9.17, 15) is 14.1 Å². The zero-order chi connectivity index (χ0) is 21.9. The predicted molar refractivity (Wildman–Crippen MR) is 120 cm³/mol. The van der Waals surface area contributed by atoms with Gasteiger partial charge < -0.3 is 10.0 Å². The first kappa shape index (κ1) is 20.8. The number of hydrogen-bond acceptors (Lipinski definition) is 7. The molecule has 9 heteroatoms. The minimum Gasteiger partial charge on any atom is -0.390 e. The highest BCUT2D eigenvalue weighted by molar-refractivity contribution is 7.85. The van der Waals surface area contributed by atoms with Crippen molar-refractivity contribution >= 4 is 22.7 Å². The Balaban J connectivity index is 1.21. The van der Waals surface area contributed by atoms with Gasteiger partial charge in [0.2, 0.25) is 5.95 Å². The van der Waals surface area contributed by atoms with Gasteiger partial charge in [0, 0.05) is 47.5 Å². The Morgan fingerprint density at radius 1 is 1.16 bits per heavy atom. The van der Waals surface area contributed by atoms with Gasteiger partial charge in [-0.1, -0.05) is 0 Å². The molecule has 172 valence electrons. The highest BCUT2D eigenvalue weighted by Crippen LogP contribution is 2.56. The Hall–Kier alpha value is -1.74. The number of aromatic nitrogens is 2. The second-order valence-corrected chi connectivity index (χ2v) is 12.3. The fourth-order valence-corrected chi connectivity index (χ4v) is 7.81. The first-order chi connectivity index (χ1) is 15.5. The van der Waals surface area contributed by atoms with E-state index in [2.05, 4.69) is 20.1 Å². The highest BCUT2D eigenvalue weighted by Gasteiger charge is 2.55. The van der Waals surface area contributed by atoms with Crippen LogP contribution in [0.4, 0.5) is 5.95 Å². The maximum absolute atomic E-state index is 13.0. The van der Waals surface area contributed by atoms with Crippen LogP contribution < -0.4 is 4.90 Å². The van der Waals surface area contributed by atoms with Crippen LogP contribution in [0.3, 0.4) is 0 Å². The molecule has 5 saturated carbocycles. The molecule has 4 bridgehead atoms. The largest absolute Gasteiger partial charge is 0.390 e. The Labute approximate surface area is 190 Å². The summed E-state index contributed by atoms with van der Waals surface area (Å²) in [6, 6.07) is 0.0540. The predicted octanol–water partition coefficient (Wildman–Crippen LogP) is 2.84. The maximum atomic E-state index is 13.0. The minimum absolute atomic E-state index is 0.0540. The van der Waals surface area contributed by atoms with E-state index in [-0.39, 0.29) is 11.9 Å². The van der Waals surface area contributed by atoms with Gasteiger partial charge in [0.25, 0.3) is 5.91 Å². The Kier molecular flexibility index (Phi) is 5.17. The number of amides is 1. The van der Waals surface area contributed by atoms with Crippen LogP contribution in [0.5, 0.6) is 0 Å². The summed E-state index contributed by atoms with van der Waals surface area (Å²) in [6.07, 6.45) is 9.28. The van der Waals surface area contributed by atoms with Crippen molar-refractivity contribution in [1.82, 2.24) is 9.97 Å². The molecule has 1 aliphatic heterocycles. The number of hydrogen-bond donors (Lipinski definition) is 1. The molecule has 0 aromatic carbocycles. The number of anilines is 1. The summed E-state index contributed by atoms with van der Waals surface area (Å²) in [5.74, 6) is 3.24. The molecule has 32 heavy (non-hydrogen) atoms. The molecule has 1 aromatic heterocycles. The topological polar surface area (TPSA) is 108 Å². The smallest absolute Gasteiger partial charge is 0.298 e. The van der Waals surface area contributed by atoms with Gasteiger partial charge in [-0.05, 0) is 69.1 Å². The van der Waals surface area contributed by atoms with Crippen LogP contribution >= 0.6 is 0 Å². The van der Waals surface area contributed by atoms with Crippen molar-refractivity contribution in [3.05, 3.63) is 17.5 Å². The third-order valence-electron chi connectivity index (χ3n) is 8.14. The summed E-state index contributed by atoms with van der Waals surface area (Å²) < 4.78 is 11.9. The van der Waals surface area contributed by atoms with E-state index in [1.54, 1.807) is 6.20 Å². The monoisotopic (exact) mass is 457 g/mol. The van der Waals surface area contributed by atoms with Gasteiger partial charge in [-0.25, -0.2) is 9.97 Å². The summed E-state index contributed by atoms with van der Waals surface area (Å²) >= 11 is 0. The van der Waals surface area contributed by atoms with Crippen LogP contribution in [0.1, 0.15) is 73.3 Å².